The molecule has 3 nitrogen and oxygen atoms in total. The Morgan fingerprint density at radius 1 is 1.21 bits per heavy atom. The molecule has 1 aromatic carbocycles. The largest absolute Gasteiger partial charge is 0.492 e. The molecule has 0 bridgehead atoms. The van der Waals surface area contributed by atoms with Crippen molar-refractivity contribution in [1.82, 2.24) is 5.32 Å². The van der Waals surface area contributed by atoms with Crippen molar-refractivity contribution in [2.75, 3.05) is 19.8 Å². The van der Waals surface area contributed by atoms with Gasteiger partial charge in [0.1, 0.15) is 12.4 Å². The fourth-order valence-electron chi connectivity index (χ4n) is 2.98. The van der Waals surface area contributed by atoms with Gasteiger partial charge in [-0.2, -0.15) is 0 Å². The van der Waals surface area contributed by atoms with E-state index in [0.29, 0.717) is 18.7 Å². The lowest BCUT2D eigenvalue weighted by Gasteiger charge is -2.29. The molecule has 1 N–H and O–H groups in total. The normalized spacial score (nSPS) is 26.8. The molecule has 1 aromatic rings. The van der Waals surface area contributed by atoms with Crippen LogP contribution in [-0.2, 0) is 17.6 Å². The molecule has 0 amide bonds. The fraction of sp³-hybridized carbons (Fsp3) is 0.625. The van der Waals surface area contributed by atoms with E-state index < -0.39 is 0 Å². The van der Waals surface area contributed by atoms with E-state index in [1.807, 2.05) is 0 Å². The molecule has 0 saturated carbocycles. The summed E-state index contributed by atoms with van der Waals surface area (Å²) in [6.45, 7) is 4.37. The van der Waals surface area contributed by atoms with Gasteiger partial charge in [0.2, 0.25) is 0 Å². The number of fused-ring (bicyclic) bond motifs is 1. The number of rotatable bonds is 3. The summed E-state index contributed by atoms with van der Waals surface area (Å²) >= 11 is 0. The Bertz CT molecular complexity index is 433. The zero-order valence-electron chi connectivity index (χ0n) is 11.7. The summed E-state index contributed by atoms with van der Waals surface area (Å²) in [5, 5.41) is 3.50. The van der Waals surface area contributed by atoms with Crippen molar-refractivity contribution in [2.24, 2.45) is 0 Å². The predicted molar refractivity (Wildman–Crippen MR) is 75.8 cm³/mol. The van der Waals surface area contributed by atoms with Crippen molar-refractivity contribution in [2.45, 2.75) is 44.7 Å². The van der Waals surface area contributed by atoms with E-state index in [-0.39, 0.29) is 0 Å². The molecule has 0 radical (unpaired) electrons. The Balaban J connectivity index is 1.57. The van der Waals surface area contributed by atoms with Gasteiger partial charge >= 0.3 is 0 Å². The van der Waals surface area contributed by atoms with Crippen molar-refractivity contribution in [3.8, 4) is 5.75 Å². The number of aryl methyl sites for hydroxylation is 2. The van der Waals surface area contributed by atoms with E-state index in [1.54, 1.807) is 0 Å². The predicted octanol–water partition coefficient (Wildman–Crippen LogP) is 2.32. The summed E-state index contributed by atoms with van der Waals surface area (Å²) in [6.07, 6.45) is 5.07. The van der Waals surface area contributed by atoms with Gasteiger partial charge < -0.3 is 14.8 Å². The minimum Gasteiger partial charge on any atom is -0.492 e. The van der Waals surface area contributed by atoms with E-state index in [2.05, 4.69) is 30.4 Å². The molecule has 1 saturated heterocycles. The van der Waals surface area contributed by atoms with Gasteiger partial charge in [-0.3, -0.25) is 0 Å². The van der Waals surface area contributed by atoms with E-state index >= 15 is 0 Å². The van der Waals surface area contributed by atoms with Gasteiger partial charge in [-0.25, -0.2) is 0 Å². The highest BCUT2D eigenvalue weighted by Gasteiger charge is 2.19. The molecule has 0 aromatic heterocycles. The number of nitrogens with one attached hydrogen (secondary N) is 1. The number of hydrogen-bond acceptors (Lipinski definition) is 3. The first-order valence-electron chi connectivity index (χ1n) is 7.39. The maximum atomic E-state index is 5.92. The highest BCUT2D eigenvalue weighted by molar-refractivity contribution is 5.37. The molecule has 19 heavy (non-hydrogen) atoms. The van der Waals surface area contributed by atoms with Crippen LogP contribution < -0.4 is 10.1 Å². The van der Waals surface area contributed by atoms with Crippen LogP contribution in [0.5, 0.6) is 5.75 Å². The lowest BCUT2D eigenvalue weighted by atomic mass is 9.92. The summed E-state index contributed by atoms with van der Waals surface area (Å²) in [6, 6.07) is 7.29. The topological polar surface area (TPSA) is 30.5 Å². The van der Waals surface area contributed by atoms with Gasteiger partial charge in [0, 0.05) is 6.04 Å². The molecule has 1 aliphatic carbocycles. The molecule has 2 aliphatic rings. The lowest BCUT2D eigenvalue weighted by molar-refractivity contribution is 0.0353. The van der Waals surface area contributed by atoms with Crippen molar-refractivity contribution in [1.29, 1.82) is 0 Å². The van der Waals surface area contributed by atoms with E-state index in [1.165, 1.54) is 36.8 Å². The van der Waals surface area contributed by atoms with Gasteiger partial charge in [-0.05, 0) is 55.9 Å². The SMILES string of the molecule is CC1COCC(COc2ccc3c(c2)CCCC3)N1. The summed E-state index contributed by atoms with van der Waals surface area (Å²) in [5.41, 5.74) is 2.98. The molecule has 3 heteroatoms. The average Bonchev–Trinajstić information content (AvgIpc) is 2.45. The molecule has 1 heterocycles. The first kappa shape index (κ1) is 12.9. The minimum atomic E-state index is 0.305. The van der Waals surface area contributed by atoms with Crippen molar-refractivity contribution in [3.05, 3.63) is 29.3 Å². The van der Waals surface area contributed by atoms with Gasteiger partial charge in [0.15, 0.2) is 0 Å². The van der Waals surface area contributed by atoms with Crippen LogP contribution in [-0.4, -0.2) is 31.9 Å². The fourth-order valence-corrected chi connectivity index (χ4v) is 2.98. The first-order chi connectivity index (χ1) is 9.31. The van der Waals surface area contributed by atoms with Crippen molar-refractivity contribution in [3.63, 3.8) is 0 Å². The van der Waals surface area contributed by atoms with Crippen LogP contribution in [0.2, 0.25) is 0 Å². The summed E-state index contributed by atoms with van der Waals surface area (Å²) in [5.74, 6) is 1.00. The molecule has 104 valence electrons. The van der Waals surface area contributed by atoms with Crippen molar-refractivity contribution < 1.29 is 9.47 Å². The second-order valence-electron chi connectivity index (χ2n) is 5.75. The standard InChI is InChI=1S/C16H23NO2/c1-12-9-18-10-15(17-12)11-19-16-7-6-13-4-2-3-5-14(13)8-16/h6-8,12,15,17H,2-5,9-11H2,1H3. The van der Waals surface area contributed by atoms with Gasteiger partial charge in [-0.15, -0.1) is 0 Å². The number of hydrogen-bond donors (Lipinski definition) is 1. The Hall–Kier alpha value is -1.06. The number of ether oxygens (including phenoxy) is 2. The van der Waals surface area contributed by atoms with Crippen molar-refractivity contribution >= 4 is 0 Å². The second kappa shape index (κ2) is 5.93. The van der Waals surface area contributed by atoms with Crippen LogP contribution in [0, 0.1) is 0 Å². The third-order valence-corrected chi connectivity index (χ3v) is 3.98. The Kier molecular flexibility index (Phi) is 4.04. The molecule has 1 aliphatic heterocycles. The quantitative estimate of drug-likeness (QED) is 0.906. The van der Waals surface area contributed by atoms with Crippen LogP contribution >= 0.6 is 0 Å². The van der Waals surface area contributed by atoms with E-state index in [9.17, 15) is 0 Å². The van der Waals surface area contributed by atoms with Crippen LogP contribution in [0.3, 0.4) is 0 Å². The molecular formula is C16H23NO2. The van der Waals surface area contributed by atoms with Crippen LogP contribution in [0.25, 0.3) is 0 Å². The lowest BCUT2D eigenvalue weighted by Crippen LogP contribution is -2.50. The number of morpholine rings is 1. The molecular weight excluding hydrogens is 238 g/mol. The molecule has 0 spiro atoms. The monoisotopic (exact) mass is 261 g/mol. The number of benzene rings is 1. The van der Waals surface area contributed by atoms with Gasteiger partial charge in [0.25, 0.3) is 0 Å². The van der Waals surface area contributed by atoms with E-state index in [4.69, 9.17) is 9.47 Å². The van der Waals surface area contributed by atoms with Gasteiger partial charge in [-0.1, -0.05) is 6.07 Å². The van der Waals surface area contributed by atoms with Crippen LogP contribution in [0.1, 0.15) is 30.9 Å². The zero-order valence-corrected chi connectivity index (χ0v) is 11.7. The Morgan fingerprint density at radius 2 is 2.05 bits per heavy atom. The summed E-state index contributed by atoms with van der Waals surface area (Å²) in [7, 11) is 0. The molecule has 3 rings (SSSR count). The average molecular weight is 261 g/mol. The second-order valence-corrected chi connectivity index (χ2v) is 5.75. The zero-order chi connectivity index (χ0) is 13.1. The summed E-state index contributed by atoms with van der Waals surface area (Å²) in [4.78, 5) is 0. The molecule has 2 atom stereocenters. The third kappa shape index (κ3) is 3.28. The third-order valence-electron chi connectivity index (χ3n) is 3.98. The summed E-state index contributed by atoms with van der Waals surface area (Å²) < 4.78 is 11.4. The Labute approximate surface area is 115 Å². The van der Waals surface area contributed by atoms with Crippen LogP contribution in [0.4, 0.5) is 0 Å². The maximum Gasteiger partial charge on any atom is 0.119 e. The van der Waals surface area contributed by atoms with Gasteiger partial charge in [0.05, 0.1) is 19.3 Å². The molecule has 2 unspecified atom stereocenters. The van der Waals surface area contributed by atoms with E-state index in [0.717, 1.165) is 19.0 Å². The maximum absolute atomic E-state index is 5.92. The highest BCUT2D eigenvalue weighted by atomic mass is 16.5. The Morgan fingerprint density at radius 3 is 2.89 bits per heavy atom. The smallest absolute Gasteiger partial charge is 0.119 e. The van der Waals surface area contributed by atoms with Crippen LogP contribution in [0.15, 0.2) is 18.2 Å². The highest BCUT2D eigenvalue weighted by Crippen LogP contribution is 2.25. The first-order valence-corrected chi connectivity index (χ1v) is 7.39. The minimum absolute atomic E-state index is 0.305. The molecule has 1 fully saturated rings.